The fraction of sp³-hybridized carbons (Fsp3) is 0.125. The zero-order valence-corrected chi connectivity index (χ0v) is 8.55. The molecule has 0 fully saturated rings. The monoisotopic (exact) mass is 241 g/mol. The Labute approximate surface area is 83.3 Å². The van der Waals surface area contributed by atoms with E-state index in [0.29, 0.717) is 5.82 Å². The molecule has 0 aliphatic carbocycles. The van der Waals surface area contributed by atoms with Crippen LogP contribution in [0.5, 0.6) is 0 Å². The standard InChI is InChI=1S/C8H8BrN3O/c1-4-6(11-12-8(4)10)7-5(9)2-3-13-7/h2-3H,1H3,(H3,10,11,12). The fourth-order valence-corrected chi connectivity index (χ4v) is 1.50. The van der Waals surface area contributed by atoms with Gasteiger partial charge in [-0.05, 0) is 28.9 Å². The predicted octanol–water partition coefficient (Wildman–Crippen LogP) is 2.32. The Kier molecular flexibility index (Phi) is 1.88. The summed E-state index contributed by atoms with van der Waals surface area (Å²) in [5.41, 5.74) is 7.31. The van der Waals surface area contributed by atoms with Crippen LogP contribution in [0, 0.1) is 6.92 Å². The Bertz CT molecular complexity index is 432. The lowest BCUT2D eigenvalue weighted by Gasteiger charge is -1.94. The van der Waals surface area contributed by atoms with Crippen molar-refractivity contribution in [3.8, 4) is 11.5 Å². The highest BCUT2D eigenvalue weighted by atomic mass is 79.9. The molecular weight excluding hydrogens is 234 g/mol. The Morgan fingerprint density at radius 3 is 2.85 bits per heavy atom. The van der Waals surface area contributed by atoms with E-state index in [1.807, 2.05) is 13.0 Å². The third-order valence-corrected chi connectivity index (χ3v) is 2.52. The molecule has 13 heavy (non-hydrogen) atoms. The van der Waals surface area contributed by atoms with Crippen molar-refractivity contribution >= 4 is 21.7 Å². The van der Waals surface area contributed by atoms with Gasteiger partial charge in [0, 0.05) is 5.56 Å². The second-order valence-electron chi connectivity index (χ2n) is 2.71. The van der Waals surface area contributed by atoms with Crippen LogP contribution >= 0.6 is 15.9 Å². The van der Waals surface area contributed by atoms with Crippen LogP contribution in [0.2, 0.25) is 0 Å². The Morgan fingerprint density at radius 1 is 1.62 bits per heavy atom. The number of nitrogen functional groups attached to an aromatic ring is 1. The third kappa shape index (κ3) is 1.25. The van der Waals surface area contributed by atoms with Gasteiger partial charge in [0.05, 0.1) is 10.7 Å². The number of hydrogen-bond donors (Lipinski definition) is 2. The molecule has 4 nitrogen and oxygen atoms in total. The highest BCUT2D eigenvalue weighted by Crippen LogP contribution is 2.31. The van der Waals surface area contributed by atoms with Crippen molar-refractivity contribution in [3.63, 3.8) is 0 Å². The van der Waals surface area contributed by atoms with E-state index in [0.717, 1.165) is 21.5 Å². The van der Waals surface area contributed by atoms with E-state index in [-0.39, 0.29) is 0 Å². The van der Waals surface area contributed by atoms with Gasteiger partial charge in [0.2, 0.25) is 0 Å². The van der Waals surface area contributed by atoms with Gasteiger partial charge in [-0.3, -0.25) is 5.10 Å². The number of halogens is 1. The number of anilines is 1. The SMILES string of the molecule is Cc1c(N)n[nH]c1-c1occc1Br. The smallest absolute Gasteiger partial charge is 0.166 e. The average Bonchev–Trinajstić information content (AvgIpc) is 2.62. The molecule has 0 atom stereocenters. The zero-order valence-electron chi connectivity index (χ0n) is 6.97. The number of rotatable bonds is 1. The van der Waals surface area contributed by atoms with Crippen molar-refractivity contribution < 1.29 is 4.42 Å². The molecule has 0 aliphatic rings. The predicted molar refractivity (Wildman–Crippen MR) is 53.1 cm³/mol. The highest BCUT2D eigenvalue weighted by Gasteiger charge is 2.13. The summed E-state index contributed by atoms with van der Waals surface area (Å²) in [7, 11) is 0. The summed E-state index contributed by atoms with van der Waals surface area (Å²) in [6, 6.07) is 1.83. The number of aromatic amines is 1. The van der Waals surface area contributed by atoms with Gasteiger partial charge in [0.1, 0.15) is 11.5 Å². The van der Waals surface area contributed by atoms with Crippen molar-refractivity contribution in [2.75, 3.05) is 5.73 Å². The molecule has 0 saturated heterocycles. The molecule has 5 heteroatoms. The lowest BCUT2D eigenvalue weighted by Crippen LogP contribution is -1.86. The van der Waals surface area contributed by atoms with E-state index in [1.54, 1.807) is 6.26 Å². The molecule has 2 aromatic rings. The molecule has 0 amide bonds. The summed E-state index contributed by atoms with van der Waals surface area (Å²) in [6.45, 7) is 1.89. The molecule has 2 heterocycles. The van der Waals surface area contributed by atoms with Gasteiger partial charge >= 0.3 is 0 Å². The van der Waals surface area contributed by atoms with Crippen LogP contribution in [0.15, 0.2) is 21.2 Å². The fourth-order valence-electron chi connectivity index (χ4n) is 1.11. The first-order valence-corrected chi connectivity index (χ1v) is 4.53. The van der Waals surface area contributed by atoms with Crippen LogP contribution in [-0.4, -0.2) is 10.2 Å². The van der Waals surface area contributed by atoms with Crippen LogP contribution in [0.4, 0.5) is 5.82 Å². The molecule has 0 unspecified atom stereocenters. The van der Waals surface area contributed by atoms with E-state index in [1.165, 1.54) is 0 Å². The molecular formula is C8H8BrN3O. The normalized spacial score (nSPS) is 10.6. The van der Waals surface area contributed by atoms with E-state index >= 15 is 0 Å². The first-order chi connectivity index (χ1) is 6.20. The minimum Gasteiger partial charge on any atom is -0.462 e. The van der Waals surface area contributed by atoms with E-state index in [9.17, 15) is 0 Å². The van der Waals surface area contributed by atoms with E-state index in [2.05, 4.69) is 26.1 Å². The molecule has 0 radical (unpaired) electrons. The van der Waals surface area contributed by atoms with Crippen molar-refractivity contribution in [3.05, 3.63) is 22.4 Å². The van der Waals surface area contributed by atoms with Crippen molar-refractivity contribution in [2.45, 2.75) is 6.92 Å². The Hall–Kier alpha value is -1.23. The lowest BCUT2D eigenvalue weighted by atomic mass is 10.2. The van der Waals surface area contributed by atoms with Crippen LogP contribution < -0.4 is 5.73 Å². The second-order valence-corrected chi connectivity index (χ2v) is 3.56. The average molecular weight is 242 g/mol. The maximum Gasteiger partial charge on any atom is 0.166 e. The molecule has 0 aliphatic heterocycles. The van der Waals surface area contributed by atoms with Crippen LogP contribution in [-0.2, 0) is 0 Å². The number of H-pyrrole nitrogens is 1. The highest BCUT2D eigenvalue weighted by molar-refractivity contribution is 9.10. The summed E-state index contributed by atoms with van der Waals surface area (Å²) >= 11 is 3.36. The maximum absolute atomic E-state index is 5.60. The molecule has 2 aromatic heterocycles. The quantitative estimate of drug-likeness (QED) is 0.806. The third-order valence-electron chi connectivity index (χ3n) is 1.89. The van der Waals surface area contributed by atoms with Crippen LogP contribution in [0.3, 0.4) is 0 Å². The molecule has 0 saturated carbocycles. The summed E-state index contributed by atoms with van der Waals surface area (Å²) in [5.74, 6) is 1.22. The number of furan rings is 1. The van der Waals surface area contributed by atoms with Gasteiger partial charge < -0.3 is 10.2 Å². The largest absolute Gasteiger partial charge is 0.462 e. The molecule has 3 N–H and O–H groups in total. The summed E-state index contributed by atoms with van der Waals surface area (Å²) in [5, 5.41) is 6.70. The number of nitrogens with two attached hydrogens (primary N) is 1. The molecule has 68 valence electrons. The molecule has 0 aromatic carbocycles. The zero-order chi connectivity index (χ0) is 9.42. The lowest BCUT2D eigenvalue weighted by molar-refractivity contribution is 0.578. The van der Waals surface area contributed by atoms with Crippen molar-refractivity contribution in [1.82, 2.24) is 10.2 Å². The summed E-state index contributed by atoms with van der Waals surface area (Å²) in [6.07, 6.45) is 1.61. The van der Waals surface area contributed by atoms with Crippen molar-refractivity contribution in [2.24, 2.45) is 0 Å². The van der Waals surface area contributed by atoms with Gasteiger partial charge in [-0.25, -0.2) is 0 Å². The first-order valence-electron chi connectivity index (χ1n) is 3.74. The van der Waals surface area contributed by atoms with Gasteiger partial charge in [-0.2, -0.15) is 5.10 Å². The Morgan fingerprint density at radius 2 is 2.38 bits per heavy atom. The van der Waals surface area contributed by atoms with Gasteiger partial charge in [0.15, 0.2) is 5.76 Å². The minimum absolute atomic E-state index is 0.498. The van der Waals surface area contributed by atoms with Gasteiger partial charge in [0.25, 0.3) is 0 Å². The number of aromatic nitrogens is 2. The second kappa shape index (κ2) is 2.92. The summed E-state index contributed by atoms with van der Waals surface area (Å²) in [4.78, 5) is 0. The maximum atomic E-state index is 5.60. The van der Waals surface area contributed by atoms with Crippen LogP contribution in [0.25, 0.3) is 11.5 Å². The van der Waals surface area contributed by atoms with E-state index in [4.69, 9.17) is 10.2 Å². The molecule has 0 bridgehead atoms. The van der Waals surface area contributed by atoms with Crippen LogP contribution in [0.1, 0.15) is 5.56 Å². The van der Waals surface area contributed by atoms with E-state index < -0.39 is 0 Å². The summed E-state index contributed by atoms with van der Waals surface area (Å²) < 4.78 is 6.16. The minimum atomic E-state index is 0.498. The first kappa shape index (κ1) is 8.37. The number of nitrogens with zero attached hydrogens (tertiary/aromatic N) is 1. The van der Waals surface area contributed by atoms with Gasteiger partial charge in [-0.1, -0.05) is 0 Å². The van der Waals surface area contributed by atoms with Crippen molar-refractivity contribution in [1.29, 1.82) is 0 Å². The molecule has 2 rings (SSSR count). The number of nitrogens with one attached hydrogen (secondary N) is 1. The molecule has 0 spiro atoms. The van der Waals surface area contributed by atoms with Gasteiger partial charge in [-0.15, -0.1) is 0 Å². The Balaban J connectivity index is 2.59. The topological polar surface area (TPSA) is 67.8 Å². The number of hydrogen-bond acceptors (Lipinski definition) is 3.